The summed E-state index contributed by atoms with van der Waals surface area (Å²) in [4.78, 5) is 4.34. The van der Waals surface area contributed by atoms with Crippen molar-refractivity contribution in [1.82, 2.24) is 14.9 Å². The number of aryl methyl sites for hydroxylation is 1. The number of rotatable bonds is 6. The number of imidazole rings is 1. The number of hydrogen-bond donors (Lipinski definition) is 2. The molecule has 0 aromatic carbocycles. The molecule has 0 amide bonds. The average molecular weight is 239 g/mol. The second-order valence-electron chi connectivity index (χ2n) is 5.57. The van der Waals surface area contributed by atoms with Crippen LogP contribution < -0.4 is 5.32 Å². The Bertz CT molecular complexity index is 350. The van der Waals surface area contributed by atoms with Gasteiger partial charge in [-0.1, -0.05) is 6.92 Å². The molecule has 98 valence electrons. The minimum absolute atomic E-state index is 0.351. The van der Waals surface area contributed by atoms with E-state index in [0.29, 0.717) is 6.54 Å². The van der Waals surface area contributed by atoms with Crippen LogP contribution in [-0.2, 0) is 13.1 Å². The van der Waals surface area contributed by atoms with Crippen molar-refractivity contribution in [2.45, 2.75) is 65.3 Å². The molecule has 0 unspecified atom stereocenters. The zero-order valence-electron chi connectivity index (χ0n) is 11.6. The van der Waals surface area contributed by atoms with Crippen LogP contribution in [0.3, 0.4) is 0 Å². The Labute approximate surface area is 104 Å². The maximum Gasteiger partial charge on any atom is 0.122 e. The molecule has 0 bridgehead atoms. The lowest BCUT2D eigenvalue weighted by molar-refractivity contribution is -0.00572. The van der Waals surface area contributed by atoms with Gasteiger partial charge in [0.05, 0.1) is 12.1 Å². The molecule has 0 fully saturated rings. The van der Waals surface area contributed by atoms with Crippen molar-refractivity contribution in [3.63, 3.8) is 0 Å². The maximum atomic E-state index is 10.1. The van der Waals surface area contributed by atoms with E-state index in [4.69, 9.17) is 0 Å². The van der Waals surface area contributed by atoms with E-state index in [-0.39, 0.29) is 5.54 Å². The molecule has 1 aromatic heterocycles. The predicted molar refractivity (Wildman–Crippen MR) is 69.7 cm³/mol. The van der Waals surface area contributed by atoms with Gasteiger partial charge in [-0.15, -0.1) is 0 Å². The standard InChI is InChI=1S/C13H25N3O/c1-6-8-16-9-7-14-11(16)10-15-12(2,3)13(4,5)17/h7,9,15,17H,6,8,10H2,1-5H3. The molecule has 4 heteroatoms. The normalized spacial score (nSPS) is 13.1. The summed E-state index contributed by atoms with van der Waals surface area (Å²) >= 11 is 0. The van der Waals surface area contributed by atoms with E-state index in [2.05, 4.69) is 21.8 Å². The zero-order chi connectivity index (χ0) is 13.1. The highest BCUT2D eigenvalue weighted by Crippen LogP contribution is 2.20. The Morgan fingerprint density at radius 2 is 2.00 bits per heavy atom. The smallest absolute Gasteiger partial charge is 0.122 e. The first-order valence-corrected chi connectivity index (χ1v) is 6.25. The number of nitrogens with one attached hydrogen (secondary N) is 1. The summed E-state index contributed by atoms with van der Waals surface area (Å²) in [7, 11) is 0. The fourth-order valence-electron chi connectivity index (χ4n) is 1.47. The van der Waals surface area contributed by atoms with Crippen LogP contribution in [0.1, 0.15) is 46.9 Å². The minimum Gasteiger partial charge on any atom is -0.389 e. The van der Waals surface area contributed by atoms with Gasteiger partial charge >= 0.3 is 0 Å². The molecule has 1 rings (SSSR count). The Balaban J connectivity index is 2.64. The van der Waals surface area contributed by atoms with Crippen LogP contribution in [0.15, 0.2) is 12.4 Å². The van der Waals surface area contributed by atoms with Gasteiger partial charge in [0.25, 0.3) is 0 Å². The highest BCUT2D eigenvalue weighted by molar-refractivity contribution is 4.98. The fraction of sp³-hybridized carbons (Fsp3) is 0.769. The van der Waals surface area contributed by atoms with Gasteiger partial charge in [0.15, 0.2) is 0 Å². The molecule has 17 heavy (non-hydrogen) atoms. The topological polar surface area (TPSA) is 50.1 Å². The lowest BCUT2D eigenvalue weighted by Gasteiger charge is -2.38. The number of nitrogens with zero attached hydrogens (tertiary/aromatic N) is 2. The van der Waals surface area contributed by atoms with Crippen molar-refractivity contribution in [2.24, 2.45) is 0 Å². The molecule has 2 N–H and O–H groups in total. The second kappa shape index (κ2) is 5.19. The Hall–Kier alpha value is -0.870. The minimum atomic E-state index is -0.769. The molecule has 0 atom stereocenters. The highest BCUT2D eigenvalue weighted by Gasteiger charge is 2.34. The molecule has 0 aliphatic heterocycles. The summed E-state index contributed by atoms with van der Waals surface area (Å²) in [5.74, 6) is 1.02. The summed E-state index contributed by atoms with van der Waals surface area (Å²) in [6, 6.07) is 0. The Morgan fingerprint density at radius 3 is 2.53 bits per heavy atom. The molecule has 1 aromatic rings. The molecule has 0 spiro atoms. The largest absolute Gasteiger partial charge is 0.389 e. The van der Waals surface area contributed by atoms with Crippen LogP contribution in [0.2, 0.25) is 0 Å². The number of aromatic nitrogens is 2. The summed E-state index contributed by atoms with van der Waals surface area (Å²) in [6.07, 6.45) is 4.92. The molecule has 0 radical (unpaired) electrons. The fourth-order valence-corrected chi connectivity index (χ4v) is 1.47. The molecule has 0 aliphatic rings. The van der Waals surface area contributed by atoms with Crippen molar-refractivity contribution >= 4 is 0 Å². The number of hydrogen-bond acceptors (Lipinski definition) is 3. The first-order valence-electron chi connectivity index (χ1n) is 6.25. The second-order valence-corrected chi connectivity index (χ2v) is 5.57. The summed E-state index contributed by atoms with van der Waals surface area (Å²) in [6.45, 7) is 11.4. The molecule has 0 saturated carbocycles. The van der Waals surface area contributed by atoms with Gasteiger partial charge in [-0.3, -0.25) is 0 Å². The first-order chi connectivity index (χ1) is 7.78. The predicted octanol–water partition coefficient (Wildman–Crippen LogP) is 1.93. The third-order valence-electron chi connectivity index (χ3n) is 3.48. The quantitative estimate of drug-likeness (QED) is 0.797. The van der Waals surface area contributed by atoms with E-state index in [0.717, 1.165) is 18.8 Å². The van der Waals surface area contributed by atoms with Gasteiger partial charge in [-0.25, -0.2) is 4.98 Å². The average Bonchev–Trinajstić information content (AvgIpc) is 2.61. The van der Waals surface area contributed by atoms with Gasteiger partial charge < -0.3 is 15.0 Å². The van der Waals surface area contributed by atoms with Crippen LogP contribution in [-0.4, -0.2) is 25.8 Å². The van der Waals surface area contributed by atoms with E-state index in [1.54, 1.807) is 0 Å². The Kier molecular flexibility index (Phi) is 4.33. The van der Waals surface area contributed by atoms with Crippen LogP contribution in [0, 0.1) is 0 Å². The van der Waals surface area contributed by atoms with Crippen molar-refractivity contribution < 1.29 is 5.11 Å². The molecule has 4 nitrogen and oxygen atoms in total. The molecular weight excluding hydrogens is 214 g/mol. The lowest BCUT2D eigenvalue weighted by Crippen LogP contribution is -2.55. The van der Waals surface area contributed by atoms with Gasteiger partial charge in [0, 0.05) is 24.5 Å². The van der Waals surface area contributed by atoms with Gasteiger partial charge in [0.1, 0.15) is 5.82 Å². The monoisotopic (exact) mass is 239 g/mol. The van der Waals surface area contributed by atoms with E-state index in [9.17, 15) is 5.11 Å². The summed E-state index contributed by atoms with van der Waals surface area (Å²) < 4.78 is 2.15. The van der Waals surface area contributed by atoms with Crippen LogP contribution in [0.5, 0.6) is 0 Å². The van der Waals surface area contributed by atoms with Crippen LogP contribution in [0.25, 0.3) is 0 Å². The SMILES string of the molecule is CCCn1ccnc1CNC(C)(C)C(C)(C)O. The number of aliphatic hydroxyl groups is 1. The van der Waals surface area contributed by atoms with Crippen molar-refractivity contribution in [2.75, 3.05) is 0 Å². The van der Waals surface area contributed by atoms with Crippen molar-refractivity contribution in [1.29, 1.82) is 0 Å². The van der Waals surface area contributed by atoms with Crippen molar-refractivity contribution in [3.05, 3.63) is 18.2 Å². The van der Waals surface area contributed by atoms with E-state index in [1.807, 2.05) is 40.1 Å². The molecule has 1 heterocycles. The lowest BCUT2D eigenvalue weighted by atomic mass is 9.86. The van der Waals surface area contributed by atoms with Gasteiger partial charge in [0.2, 0.25) is 0 Å². The zero-order valence-corrected chi connectivity index (χ0v) is 11.6. The van der Waals surface area contributed by atoms with Crippen molar-refractivity contribution in [3.8, 4) is 0 Å². The third-order valence-corrected chi connectivity index (χ3v) is 3.48. The van der Waals surface area contributed by atoms with E-state index >= 15 is 0 Å². The molecule has 0 aliphatic carbocycles. The molecular formula is C13H25N3O. The highest BCUT2D eigenvalue weighted by atomic mass is 16.3. The van der Waals surface area contributed by atoms with E-state index in [1.165, 1.54) is 0 Å². The van der Waals surface area contributed by atoms with Gasteiger partial charge in [-0.05, 0) is 34.1 Å². The first kappa shape index (κ1) is 14.2. The van der Waals surface area contributed by atoms with Crippen LogP contribution in [0.4, 0.5) is 0 Å². The Morgan fingerprint density at radius 1 is 1.35 bits per heavy atom. The maximum absolute atomic E-state index is 10.1. The molecule has 0 saturated heterocycles. The van der Waals surface area contributed by atoms with E-state index < -0.39 is 5.60 Å². The van der Waals surface area contributed by atoms with Crippen LogP contribution >= 0.6 is 0 Å². The third kappa shape index (κ3) is 3.54. The van der Waals surface area contributed by atoms with Gasteiger partial charge in [-0.2, -0.15) is 0 Å². The summed E-state index contributed by atoms with van der Waals surface area (Å²) in [5, 5.41) is 13.4. The summed E-state index contributed by atoms with van der Waals surface area (Å²) in [5.41, 5.74) is -1.12.